The Labute approximate surface area is 116 Å². The van der Waals surface area contributed by atoms with Crippen LogP contribution in [-0.2, 0) is 10.2 Å². The summed E-state index contributed by atoms with van der Waals surface area (Å²) in [5.74, 6) is 0.799. The van der Waals surface area contributed by atoms with E-state index in [4.69, 9.17) is 4.74 Å². The lowest BCUT2D eigenvalue weighted by Crippen LogP contribution is -2.41. The molecule has 0 unspecified atom stereocenters. The largest absolute Gasteiger partial charge is 0.496 e. The van der Waals surface area contributed by atoms with E-state index < -0.39 is 0 Å². The first-order chi connectivity index (χ1) is 8.61. The second-order valence-corrected chi connectivity index (χ2v) is 5.78. The zero-order chi connectivity index (χ0) is 13.2. The van der Waals surface area contributed by atoms with Crippen LogP contribution in [-0.4, -0.2) is 38.4 Å². The molecule has 1 heterocycles. The molecule has 18 heavy (non-hydrogen) atoms. The van der Waals surface area contributed by atoms with Crippen molar-refractivity contribution in [3.63, 3.8) is 0 Å². The van der Waals surface area contributed by atoms with E-state index >= 15 is 0 Å². The number of likely N-dealkylation sites (tertiary alicyclic amines) is 1. The van der Waals surface area contributed by atoms with Crippen LogP contribution < -0.4 is 4.74 Å². The number of ether oxygens (including phenoxy) is 1. The highest BCUT2D eigenvalue weighted by molar-refractivity contribution is 9.10. The van der Waals surface area contributed by atoms with Gasteiger partial charge in [0, 0.05) is 0 Å². The first-order valence-corrected chi connectivity index (χ1v) is 6.89. The molecule has 2 rings (SSSR count). The molecule has 0 spiro atoms. The molecule has 0 saturated carbocycles. The second kappa shape index (κ2) is 5.41. The highest BCUT2D eigenvalue weighted by Crippen LogP contribution is 2.37. The lowest BCUT2D eigenvalue weighted by Gasteiger charge is -2.37. The van der Waals surface area contributed by atoms with Gasteiger partial charge in [-0.05, 0) is 66.6 Å². The zero-order valence-electron chi connectivity index (χ0n) is 10.8. The second-order valence-electron chi connectivity index (χ2n) is 4.93. The van der Waals surface area contributed by atoms with Crippen LogP contribution in [0.2, 0.25) is 0 Å². The van der Waals surface area contributed by atoms with E-state index in [1.54, 1.807) is 7.11 Å². The Balaban J connectivity index is 2.33. The van der Waals surface area contributed by atoms with E-state index in [9.17, 15) is 4.79 Å². The Morgan fingerprint density at radius 2 is 2.06 bits per heavy atom. The zero-order valence-corrected chi connectivity index (χ0v) is 12.4. The smallest absolute Gasteiger partial charge is 0.133 e. The van der Waals surface area contributed by atoms with Gasteiger partial charge in [-0.15, -0.1) is 0 Å². The van der Waals surface area contributed by atoms with Gasteiger partial charge in [0.05, 0.1) is 17.0 Å². The molecule has 98 valence electrons. The van der Waals surface area contributed by atoms with Crippen LogP contribution in [0.3, 0.4) is 0 Å². The van der Waals surface area contributed by atoms with Gasteiger partial charge in [0.15, 0.2) is 0 Å². The normalized spacial score (nSPS) is 19.5. The van der Waals surface area contributed by atoms with Gasteiger partial charge >= 0.3 is 0 Å². The average molecular weight is 312 g/mol. The van der Waals surface area contributed by atoms with Crippen LogP contribution in [0.5, 0.6) is 5.75 Å². The van der Waals surface area contributed by atoms with Crippen molar-refractivity contribution in [2.24, 2.45) is 0 Å². The molecule has 3 nitrogen and oxygen atoms in total. The molecule has 0 amide bonds. The van der Waals surface area contributed by atoms with E-state index in [1.165, 1.54) is 0 Å². The number of hydrogen-bond acceptors (Lipinski definition) is 3. The predicted molar refractivity (Wildman–Crippen MR) is 75.2 cm³/mol. The van der Waals surface area contributed by atoms with Crippen molar-refractivity contribution in [3.8, 4) is 5.75 Å². The number of halogens is 1. The molecule has 1 aromatic rings. The molecule has 1 aliphatic heterocycles. The van der Waals surface area contributed by atoms with Crippen molar-refractivity contribution in [1.29, 1.82) is 0 Å². The molecule has 0 radical (unpaired) electrons. The first-order valence-electron chi connectivity index (χ1n) is 6.10. The third-order valence-electron chi connectivity index (χ3n) is 3.83. The van der Waals surface area contributed by atoms with Gasteiger partial charge in [0.1, 0.15) is 12.0 Å². The summed E-state index contributed by atoms with van der Waals surface area (Å²) in [7, 11) is 3.74. The Morgan fingerprint density at radius 3 is 2.56 bits per heavy atom. The van der Waals surface area contributed by atoms with Gasteiger partial charge in [0.2, 0.25) is 0 Å². The molecule has 0 atom stereocenters. The molecule has 4 heteroatoms. The number of benzene rings is 1. The molecule has 1 aliphatic rings. The third kappa shape index (κ3) is 2.45. The van der Waals surface area contributed by atoms with Crippen LogP contribution in [0.25, 0.3) is 0 Å². The van der Waals surface area contributed by atoms with Gasteiger partial charge in [-0.1, -0.05) is 6.07 Å². The van der Waals surface area contributed by atoms with Crippen molar-refractivity contribution in [2.45, 2.75) is 18.3 Å². The molecule has 1 fully saturated rings. The summed E-state index contributed by atoms with van der Waals surface area (Å²) >= 11 is 3.49. The van der Waals surface area contributed by atoms with Crippen LogP contribution >= 0.6 is 15.9 Å². The molecule has 0 aliphatic carbocycles. The number of nitrogens with zero attached hydrogens (tertiary/aromatic N) is 1. The standard InChI is InChI=1S/C14H18BrNO2/c1-16-7-5-14(10-17,6-8-16)11-3-4-13(18-2)12(15)9-11/h3-4,9-10H,5-8H2,1-2H3. The molecule has 1 aromatic carbocycles. The molecular weight excluding hydrogens is 294 g/mol. The Hall–Kier alpha value is -0.870. The highest BCUT2D eigenvalue weighted by atomic mass is 79.9. The third-order valence-corrected chi connectivity index (χ3v) is 4.45. The minimum Gasteiger partial charge on any atom is -0.496 e. The van der Waals surface area contributed by atoms with Gasteiger partial charge in [0.25, 0.3) is 0 Å². The van der Waals surface area contributed by atoms with Crippen LogP contribution in [0.4, 0.5) is 0 Å². The summed E-state index contributed by atoms with van der Waals surface area (Å²) in [6.45, 7) is 1.92. The van der Waals surface area contributed by atoms with Crippen LogP contribution in [0, 0.1) is 0 Å². The van der Waals surface area contributed by atoms with Crippen LogP contribution in [0.15, 0.2) is 22.7 Å². The maximum absolute atomic E-state index is 11.6. The van der Waals surface area contributed by atoms with E-state index in [1.807, 2.05) is 18.2 Å². The van der Waals surface area contributed by atoms with E-state index in [2.05, 4.69) is 27.9 Å². The summed E-state index contributed by atoms with van der Waals surface area (Å²) in [4.78, 5) is 13.9. The van der Waals surface area contributed by atoms with Gasteiger partial charge < -0.3 is 14.4 Å². The van der Waals surface area contributed by atoms with Crippen LogP contribution in [0.1, 0.15) is 18.4 Å². The lowest BCUT2D eigenvalue weighted by molar-refractivity contribution is -0.114. The minimum atomic E-state index is -0.332. The fraction of sp³-hybridized carbons (Fsp3) is 0.500. The predicted octanol–water partition coefficient (Wildman–Crippen LogP) is 2.62. The Bertz CT molecular complexity index is 439. The van der Waals surface area contributed by atoms with Crippen molar-refractivity contribution >= 4 is 22.2 Å². The fourth-order valence-corrected chi connectivity index (χ4v) is 3.01. The molecular formula is C14H18BrNO2. The Morgan fingerprint density at radius 1 is 1.39 bits per heavy atom. The summed E-state index contributed by atoms with van der Waals surface area (Å²) in [5, 5.41) is 0. The first kappa shape index (κ1) is 13.6. The van der Waals surface area contributed by atoms with Crippen molar-refractivity contribution < 1.29 is 9.53 Å². The van der Waals surface area contributed by atoms with E-state index in [-0.39, 0.29) is 5.41 Å². The number of carbonyl (C=O) groups excluding carboxylic acids is 1. The number of piperidine rings is 1. The number of aldehydes is 1. The summed E-state index contributed by atoms with van der Waals surface area (Å²) < 4.78 is 6.13. The number of carbonyl (C=O) groups is 1. The molecule has 0 bridgehead atoms. The number of rotatable bonds is 3. The van der Waals surface area contributed by atoms with Crippen molar-refractivity contribution in [2.75, 3.05) is 27.2 Å². The van der Waals surface area contributed by atoms with Gasteiger partial charge in [-0.3, -0.25) is 0 Å². The SMILES string of the molecule is COc1ccc(C2(C=O)CCN(C)CC2)cc1Br. The van der Waals surface area contributed by atoms with Gasteiger partial charge in [-0.25, -0.2) is 0 Å². The highest BCUT2D eigenvalue weighted by Gasteiger charge is 2.35. The molecule has 0 aromatic heterocycles. The lowest BCUT2D eigenvalue weighted by atomic mass is 9.74. The molecule has 0 N–H and O–H groups in total. The van der Waals surface area contributed by atoms with Crippen molar-refractivity contribution in [1.82, 2.24) is 4.90 Å². The maximum Gasteiger partial charge on any atom is 0.133 e. The molecule has 1 saturated heterocycles. The van der Waals surface area contributed by atoms with E-state index in [0.29, 0.717) is 0 Å². The topological polar surface area (TPSA) is 29.5 Å². The maximum atomic E-state index is 11.6. The quantitative estimate of drug-likeness (QED) is 0.804. The monoisotopic (exact) mass is 311 g/mol. The summed E-state index contributed by atoms with van der Waals surface area (Å²) in [6, 6.07) is 5.94. The van der Waals surface area contributed by atoms with Gasteiger partial charge in [-0.2, -0.15) is 0 Å². The summed E-state index contributed by atoms with van der Waals surface area (Å²) in [5.41, 5.74) is 0.750. The number of methoxy groups -OCH3 is 1. The average Bonchev–Trinajstić information content (AvgIpc) is 2.40. The van der Waals surface area contributed by atoms with Crippen molar-refractivity contribution in [3.05, 3.63) is 28.2 Å². The minimum absolute atomic E-state index is 0.332. The summed E-state index contributed by atoms with van der Waals surface area (Å²) in [6.07, 6.45) is 2.88. The van der Waals surface area contributed by atoms with E-state index in [0.717, 1.165) is 48.0 Å². The Kier molecular flexibility index (Phi) is 4.07. The number of hydrogen-bond donors (Lipinski definition) is 0. The fourth-order valence-electron chi connectivity index (χ4n) is 2.47.